The molecule has 0 saturated carbocycles. The van der Waals surface area contributed by atoms with E-state index in [1.54, 1.807) is 31.2 Å². The number of thiophene rings is 1. The Kier molecular flexibility index (Phi) is 7.04. The summed E-state index contributed by atoms with van der Waals surface area (Å²) in [6, 6.07) is 16.0. The van der Waals surface area contributed by atoms with Crippen LogP contribution < -0.4 is 15.4 Å². The zero-order valence-electron chi connectivity index (χ0n) is 17.4. The van der Waals surface area contributed by atoms with Gasteiger partial charge in [-0.05, 0) is 42.3 Å². The summed E-state index contributed by atoms with van der Waals surface area (Å²) in [5, 5.41) is 5.83. The Morgan fingerprint density at radius 2 is 1.61 bits per heavy atom. The zero-order chi connectivity index (χ0) is 22.4. The van der Waals surface area contributed by atoms with Crippen LogP contribution in [0.15, 0.2) is 54.6 Å². The van der Waals surface area contributed by atoms with Crippen molar-refractivity contribution in [3.63, 3.8) is 0 Å². The van der Waals surface area contributed by atoms with Gasteiger partial charge in [-0.3, -0.25) is 9.59 Å². The maximum absolute atomic E-state index is 12.8. The minimum absolute atomic E-state index is 0.166. The minimum Gasteiger partial charge on any atom is -0.497 e. The lowest BCUT2D eigenvalue weighted by Crippen LogP contribution is -2.22. The van der Waals surface area contributed by atoms with Crippen LogP contribution in [0.4, 0.5) is 5.00 Å². The van der Waals surface area contributed by atoms with Crippen molar-refractivity contribution in [1.29, 1.82) is 0 Å². The molecule has 1 aromatic heterocycles. The van der Waals surface area contributed by atoms with Crippen LogP contribution in [0.3, 0.4) is 0 Å². The number of methoxy groups -OCH3 is 2. The Morgan fingerprint density at radius 3 is 2.23 bits per heavy atom. The highest BCUT2D eigenvalue weighted by Crippen LogP contribution is 2.34. The largest absolute Gasteiger partial charge is 0.497 e. The first-order chi connectivity index (χ1) is 14.9. The second-order valence-electron chi connectivity index (χ2n) is 6.60. The van der Waals surface area contributed by atoms with E-state index >= 15 is 0 Å². The number of esters is 1. The molecule has 0 aliphatic carbocycles. The third-order valence-corrected chi connectivity index (χ3v) is 5.82. The molecular formula is C23H22N2O5S. The molecule has 0 fully saturated rings. The Bertz CT molecular complexity index is 1090. The maximum atomic E-state index is 12.8. The topological polar surface area (TPSA) is 93.7 Å². The molecule has 0 radical (unpaired) electrons. The summed E-state index contributed by atoms with van der Waals surface area (Å²) < 4.78 is 9.96. The average molecular weight is 439 g/mol. The van der Waals surface area contributed by atoms with Gasteiger partial charge in [-0.2, -0.15) is 0 Å². The van der Waals surface area contributed by atoms with Crippen molar-refractivity contribution >= 4 is 34.1 Å². The predicted molar refractivity (Wildman–Crippen MR) is 119 cm³/mol. The van der Waals surface area contributed by atoms with Gasteiger partial charge in [0.25, 0.3) is 11.8 Å². The van der Waals surface area contributed by atoms with Crippen molar-refractivity contribution in [1.82, 2.24) is 5.32 Å². The summed E-state index contributed by atoms with van der Waals surface area (Å²) in [5.41, 5.74) is 1.95. The Morgan fingerprint density at radius 1 is 0.935 bits per heavy atom. The molecule has 8 heteroatoms. The highest BCUT2D eigenvalue weighted by Gasteiger charge is 2.26. The summed E-state index contributed by atoms with van der Waals surface area (Å²) in [7, 11) is 2.79. The number of benzene rings is 2. The summed E-state index contributed by atoms with van der Waals surface area (Å²) in [6.07, 6.45) is 0. The van der Waals surface area contributed by atoms with Gasteiger partial charge in [-0.15, -0.1) is 11.3 Å². The number of carbonyl (C=O) groups excluding carboxylic acids is 3. The first-order valence-corrected chi connectivity index (χ1v) is 10.3. The van der Waals surface area contributed by atoms with Crippen molar-refractivity contribution in [2.45, 2.75) is 13.5 Å². The smallest absolute Gasteiger partial charge is 0.341 e. The molecule has 0 aliphatic heterocycles. The molecule has 0 spiro atoms. The third kappa shape index (κ3) is 5.10. The number of anilines is 1. The fraction of sp³-hybridized carbons (Fsp3) is 0.174. The van der Waals surface area contributed by atoms with Crippen LogP contribution in [-0.4, -0.2) is 32.0 Å². The van der Waals surface area contributed by atoms with Gasteiger partial charge in [0.15, 0.2) is 0 Å². The SMILES string of the molecule is COC(=O)c1c(NC(=O)c2ccc(OC)cc2)sc(C(=O)NCc2ccccc2)c1C. The molecule has 1 heterocycles. The fourth-order valence-corrected chi connectivity index (χ4v) is 4.05. The van der Waals surface area contributed by atoms with E-state index in [9.17, 15) is 14.4 Å². The molecule has 3 rings (SSSR count). The van der Waals surface area contributed by atoms with Crippen LogP contribution in [0.5, 0.6) is 5.75 Å². The van der Waals surface area contributed by atoms with Gasteiger partial charge in [-0.1, -0.05) is 30.3 Å². The Labute approximate surface area is 184 Å². The molecule has 0 bridgehead atoms. The van der Waals surface area contributed by atoms with E-state index < -0.39 is 11.9 Å². The molecule has 160 valence electrons. The second-order valence-corrected chi connectivity index (χ2v) is 7.62. The van der Waals surface area contributed by atoms with Gasteiger partial charge < -0.3 is 20.1 Å². The number of hydrogen-bond acceptors (Lipinski definition) is 6. The average Bonchev–Trinajstić information content (AvgIpc) is 3.13. The zero-order valence-corrected chi connectivity index (χ0v) is 18.2. The number of carbonyl (C=O) groups is 3. The van der Waals surface area contributed by atoms with E-state index in [0.29, 0.717) is 28.3 Å². The normalized spacial score (nSPS) is 10.3. The van der Waals surface area contributed by atoms with Gasteiger partial charge in [0.1, 0.15) is 10.8 Å². The maximum Gasteiger partial charge on any atom is 0.341 e. The van der Waals surface area contributed by atoms with Crippen LogP contribution in [-0.2, 0) is 11.3 Å². The lowest BCUT2D eigenvalue weighted by Gasteiger charge is -2.07. The van der Waals surface area contributed by atoms with E-state index in [-0.39, 0.29) is 16.5 Å². The monoisotopic (exact) mass is 438 g/mol. The number of nitrogens with one attached hydrogen (secondary N) is 2. The van der Waals surface area contributed by atoms with E-state index in [4.69, 9.17) is 9.47 Å². The molecule has 0 saturated heterocycles. The number of rotatable bonds is 7. The molecule has 0 atom stereocenters. The third-order valence-electron chi connectivity index (χ3n) is 4.62. The van der Waals surface area contributed by atoms with Crippen molar-refractivity contribution < 1.29 is 23.9 Å². The minimum atomic E-state index is -0.624. The fourth-order valence-electron chi connectivity index (χ4n) is 2.94. The molecule has 0 aliphatic rings. The summed E-state index contributed by atoms with van der Waals surface area (Å²) in [5.74, 6) is -0.746. The van der Waals surface area contributed by atoms with Crippen LogP contribution in [0.1, 0.15) is 41.5 Å². The van der Waals surface area contributed by atoms with Crippen molar-refractivity contribution in [2.24, 2.45) is 0 Å². The van der Waals surface area contributed by atoms with Crippen LogP contribution in [0.25, 0.3) is 0 Å². The molecule has 31 heavy (non-hydrogen) atoms. The van der Waals surface area contributed by atoms with Crippen molar-refractivity contribution in [3.8, 4) is 5.75 Å². The number of hydrogen-bond donors (Lipinski definition) is 2. The highest BCUT2D eigenvalue weighted by atomic mass is 32.1. The standard InChI is InChI=1S/C23H22N2O5S/c1-14-18(23(28)30-3)22(25-20(26)16-9-11-17(29-2)12-10-16)31-19(14)21(27)24-13-15-7-5-4-6-8-15/h4-12H,13H2,1-3H3,(H,24,27)(H,25,26). The van der Waals surface area contributed by atoms with Crippen molar-refractivity contribution in [3.05, 3.63) is 81.7 Å². The Balaban J connectivity index is 1.84. The molecular weight excluding hydrogens is 416 g/mol. The second kappa shape index (κ2) is 9.90. The van der Waals surface area contributed by atoms with Gasteiger partial charge in [-0.25, -0.2) is 4.79 Å². The van der Waals surface area contributed by atoms with Gasteiger partial charge >= 0.3 is 5.97 Å². The Hall–Kier alpha value is -3.65. The molecule has 2 aromatic carbocycles. The highest BCUT2D eigenvalue weighted by molar-refractivity contribution is 7.18. The first kappa shape index (κ1) is 22.0. The summed E-state index contributed by atoms with van der Waals surface area (Å²) in [4.78, 5) is 38.1. The van der Waals surface area contributed by atoms with Gasteiger partial charge in [0, 0.05) is 12.1 Å². The molecule has 0 unspecified atom stereocenters. The van der Waals surface area contributed by atoms with Crippen molar-refractivity contribution in [2.75, 3.05) is 19.5 Å². The molecule has 2 N–H and O–H groups in total. The van der Waals surface area contributed by atoms with Crippen LogP contribution in [0.2, 0.25) is 0 Å². The molecule has 3 aromatic rings. The first-order valence-electron chi connectivity index (χ1n) is 9.43. The van der Waals surface area contributed by atoms with Crippen LogP contribution >= 0.6 is 11.3 Å². The van der Waals surface area contributed by atoms with E-state index in [0.717, 1.165) is 16.9 Å². The van der Waals surface area contributed by atoms with E-state index in [2.05, 4.69) is 10.6 Å². The summed E-state index contributed by atoms with van der Waals surface area (Å²) >= 11 is 1.03. The quantitative estimate of drug-likeness (QED) is 0.543. The lowest BCUT2D eigenvalue weighted by molar-refractivity contribution is 0.0601. The van der Waals surface area contributed by atoms with E-state index in [1.807, 2.05) is 30.3 Å². The number of amides is 2. The lowest BCUT2D eigenvalue weighted by atomic mass is 10.1. The van der Waals surface area contributed by atoms with Gasteiger partial charge in [0.2, 0.25) is 0 Å². The van der Waals surface area contributed by atoms with Gasteiger partial charge in [0.05, 0.1) is 24.7 Å². The predicted octanol–water partition coefficient (Wildman–Crippen LogP) is 4.03. The summed E-state index contributed by atoms with van der Waals surface area (Å²) in [6.45, 7) is 2.00. The van der Waals surface area contributed by atoms with Crippen LogP contribution in [0, 0.1) is 6.92 Å². The number of ether oxygens (including phenoxy) is 2. The molecule has 2 amide bonds. The molecule has 7 nitrogen and oxygen atoms in total. The van der Waals surface area contributed by atoms with E-state index in [1.165, 1.54) is 14.2 Å².